The SMILES string of the molecule is CC(C)N(C(=O)CN1Cc2ccc(OCCC(C(N)=O)C3CCC4CCCCC4N3)cc2N=C1NC(=O)c1ccccc1)C1CCCCC1. The lowest BCUT2D eigenvalue weighted by atomic mass is 9.75. The van der Waals surface area contributed by atoms with Crippen LogP contribution >= 0.6 is 0 Å². The number of nitrogens with one attached hydrogen (secondary N) is 2. The van der Waals surface area contributed by atoms with E-state index >= 15 is 0 Å². The van der Waals surface area contributed by atoms with Crippen molar-refractivity contribution in [2.45, 2.75) is 122 Å². The number of hydrogen-bond donors (Lipinski definition) is 3. The van der Waals surface area contributed by atoms with Crippen LogP contribution in [0.25, 0.3) is 0 Å². The van der Waals surface area contributed by atoms with Crippen LogP contribution in [0.1, 0.15) is 107 Å². The molecular formula is C39H54N6O4. The van der Waals surface area contributed by atoms with Crippen molar-refractivity contribution >= 4 is 29.4 Å². The van der Waals surface area contributed by atoms with Crippen LogP contribution in [-0.2, 0) is 16.1 Å². The second-order valence-electron chi connectivity index (χ2n) is 14.7. The zero-order valence-corrected chi connectivity index (χ0v) is 29.2. The molecular weight excluding hydrogens is 616 g/mol. The van der Waals surface area contributed by atoms with Crippen LogP contribution in [0.4, 0.5) is 5.69 Å². The van der Waals surface area contributed by atoms with Crippen molar-refractivity contribution in [3.05, 3.63) is 59.7 Å². The van der Waals surface area contributed by atoms with Gasteiger partial charge in [0.05, 0.1) is 18.2 Å². The van der Waals surface area contributed by atoms with Crippen molar-refractivity contribution in [3.63, 3.8) is 0 Å². The third-order valence-electron chi connectivity index (χ3n) is 11.1. The number of amides is 3. The van der Waals surface area contributed by atoms with Gasteiger partial charge in [-0.25, -0.2) is 4.99 Å². The van der Waals surface area contributed by atoms with Gasteiger partial charge >= 0.3 is 0 Å². The van der Waals surface area contributed by atoms with Gasteiger partial charge in [0.25, 0.3) is 5.91 Å². The molecule has 2 aliphatic carbocycles. The highest BCUT2D eigenvalue weighted by molar-refractivity contribution is 6.07. The van der Waals surface area contributed by atoms with Gasteiger partial charge in [-0.2, -0.15) is 0 Å². The summed E-state index contributed by atoms with van der Waals surface area (Å²) in [5, 5.41) is 6.76. The van der Waals surface area contributed by atoms with Crippen molar-refractivity contribution in [1.29, 1.82) is 0 Å². The van der Waals surface area contributed by atoms with E-state index in [4.69, 9.17) is 15.5 Å². The van der Waals surface area contributed by atoms with Crippen LogP contribution in [0.5, 0.6) is 5.75 Å². The molecule has 1 saturated heterocycles. The Morgan fingerprint density at radius 1 is 0.980 bits per heavy atom. The Labute approximate surface area is 291 Å². The molecule has 0 spiro atoms. The van der Waals surface area contributed by atoms with Crippen LogP contribution in [-0.4, -0.2) is 70.8 Å². The maximum Gasteiger partial charge on any atom is 0.257 e. The molecule has 0 bridgehead atoms. The zero-order valence-electron chi connectivity index (χ0n) is 29.2. The molecule has 2 heterocycles. The van der Waals surface area contributed by atoms with Gasteiger partial charge in [0.15, 0.2) is 0 Å². The molecule has 4 N–H and O–H groups in total. The summed E-state index contributed by atoms with van der Waals surface area (Å²) in [4.78, 5) is 48.5. The van der Waals surface area contributed by atoms with E-state index in [9.17, 15) is 14.4 Å². The Bertz CT molecular complexity index is 1490. The molecule has 3 fully saturated rings. The van der Waals surface area contributed by atoms with E-state index in [1.807, 2.05) is 46.2 Å². The molecule has 2 aromatic rings. The summed E-state index contributed by atoms with van der Waals surface area (Å²) in [6.45, 7) is 5.05. The smallest absolute Gasteiger partial charge is 0.257 e. The quantitative estimate of drug-likeness (QED) is 0.283. The Hall–Kier alpha value is -3.92. The number of guanidine groups is 1. The Morgan fingerprint density at radius 2 is 1.73 bits per heavy atom. The standard InChI is InChI=1S/C39H54N6O4/c1-26(2)45(30-14-7-4-8-15-30)36(46)25-44-24-29-17-19-31(23-35(29)42-39(44)43-38(48)28-12-5-3-6-13-28)49-22-21-32(37(40)47)34-20-18-27-11-9-10-16-33(27)41-34/h3,5-6,12-13,17,19,23,26-27,30,32-34,41H,4,7-11,14-16,18,20-22,24-25H2,1-2H3,(H2,40,47)(H,42,43,48). The molecule has 2 aliphatic heterocycles. The lowest BCUT2D eigenvalue weighted by Crippen LogP contribution is -2.54. The average Bonchev–Trinajstić information content (AvgIpc) is 3.10. The molecule has 10 nitrogen and oxygen atoms in total. The number of piperidine rings is 1. The monoisotopic (exact) mass is 670 g/mol. The number of ether oxygens (including phenoxy) is 1. The van der Waals surface area contributed by atoms with Gasteiger partial charge in [-0.3, -0.25) is 19.7 Å². The summed E-state index contributed by atoms with van der Waals surface area (Å²) < 4.78 is 6.19. The van der Waals surface area contributed by atoms with Gasteiger partial charge < -0.3 is 25.6 Å². The van der Waals surface area contributed by atoms with Crippen LogP contribution < -0.4 is 21.1 Å². The first-order valence-corrected chi connectivity index (χ1v) is 18.6. The lowest BCUT2D eigenvalue weighted by molar-refractivity contribution is -0.136. The van der Waals surface area contributed by atoms with Gasteiger partial charge in [0, 0.05) is 42.3 Å². The fourth-order valence-electron chi connectivity index (χ4n) is 8.54. The lowest BCUT2D eigenvalue weighted by Gasteiger charge is -2.42. The van der Waals surface area contributed by atoms with Gasteiger partial charge in [-0.05, 0) is 88.5 Å². The van der Waals surface area contributed by atoms with Crippen LogP contribution in [0.15, 0.2) is 53.5 Å². The number of rotatable bonds is 11. The fourth-order valence-corrected chi connectivity index (χ4v) is 8.54. The molecule has 6 rings (SSSR count). The Balaban J connectivity index is 1.15. The third-order valence-corrected chi connectivity index (χ3v) is 11.1. The summed E-state index contributed by atoms with van der Waals surface area (Å²) in [6, 6.07) is 15.7. The van der Waals surface area contributed by atoms with Crippen molar-refractivity contribution in [2.24, 2.45) is 22.6 Å². The molecule has 2 saturated carbocycles. The van der Waals surface area contributed by atoms with E-state index < -0.39 is 0 Å². The third kappa shape index (κ3) is 8.63. The minimum Gasteiger partial charge on any atom is -0.493 e. The van der Waals surface area contributed by atoms with E-state index in [2.05, 4.69) is 24.5 Å². The fraction of sp³-hybridized carbons (Fsp3) is 0.590. The Kier molecular flexibility index (Phi) is 11.5. The second-order valence-corrected chi connectivity index (χ2v) is 14.7. The van der Waals surface area contributed by atoms with Gasteiger partial charge in [-0.15, -0.1) is 0 Å². The van der Waals surface area contributed by atoms with Gasteiger partial charge in [0.2, 0.25) is 17.8 Å². The number of aliphatic imine (C=N–C) groups is 1. The van der Waals surface area contributed by atoms with Gasteiger partial charge in [0.1, 0.15) is 12.3 Å². The highest BCUT2D eigenvalue weighted by Gasteiger charge is 2.37. The number of benzene rings is 2. The van der Waals surface area contributed by atoms with Crippen LogP contribution in [0.3, 0.4) is 0 Å². The number of primary amides is 1. The number of nitrogens with zero attached hydrogens (tertiary/aromatic N) is 3. The average molecular weight is 671 g/mol. The molecule has 0 radical (unpaired) electrons. The van der Waals surface area contributed by atoms with Crippen LogP contribution in [0.2, 0.25) is 0 Å². The van der Waals surface area contributed by atoms with Crippen LogP contribution in [0, 0.1) is 11.8 Å². The van der Waals surface area contributed by atoms with E-state index in [1.54, 1.807) is 12.1 Å². The van der Waals surface area contributed by atoms with E-state index in [-0.39, 0.29) is 48.3 Å². The highest BCUT2D eigenvalue weighted by Crippen LogP contribution is 2.35. The highest BCUT2D eigenvalue weighted by atomic mass is 16.5. The molecule has 0 aromatic heterocycles. The molecule has 4 unspecified atom stereocenters. The summed E-state index contributed by atoms with van der Waals surface area (Å²) in [5.41, 5.74) is 8.05. The Morgan fingerprint density at radius 3 is 2.49 bits per heavy atom. The summed E-state index contributed by atoms with van der Waals surface area (Å²) in [6.07, 6.45) is 13.2. The normalized spacial score (nSPS) is 23.1. The first-order chi connectivity index (χ1) is 23.8. The summed E-state index contributed by atoms with van der Waals surface area (Å²) in [5.74, 6) is 0.889. The number of nitrogens with two attached hydrogens (primary N) is 1. The second kappa shape index (κ2) is 16.2. The minimum absolute atomic E-state index is 0.0439. The zero-order chi connectivity index (χ0) is 34.3. The number of carbonyl (C=O) groups excluding carboxylic acids is 3. The predicted octanol–water partition coefficient (Wildman–Crippen LogP) is 5.67. The first kappa shape index (κ1) is 34.9. The molecule has 10 heteroatoms. The van der Waals surface area contributed by atoms with E-state index in [0.29, 0.717) is 54.5 Å². The topological polar surface area (TPSA) is 129 Å². The molecule has 2 aromatic carbocycles. The van der Waals surface area contributed by atoms with E-state index in [0.717, 1.165) is 44.1 Å². The predicted molar refractivity (Wildman–Crippen MR) is 191 cm³/mol. The summed E-state index contributed by atoms with van der Waals surface area (Å²) in [7, 11) is 0. The first-order valence-electron chi connectivity index (χ1n) is 18.6. The van der Waals surface area contributed by atoms with Crippen molar-refractivity contribution in [2.75, 3.05) is 13.2 Å². The number of hydrogen-bond acceptors (Lipinski definition) is 7. The van der Waals surface area contributed by atoms with Gasteiger partial charge in [-0.1, -0.05) is 56.4 Å². The maximum absolute atomic E-state index is 13.9. The van der Waals surface area contributed by atoms with Crippen molar-refractivity contribution < 1.29 is 19.1 Å². The molecule has 4 aliphatic rings. The van der Waals surface area contributed by atoms with E-state index in [1.165, 1.54) is 32.1 Å². The molecule has 3 amide bonds. The number of fused-ring (bicyclic) bond motifs is 2. The molecule has 49 heavy (non-hydrogen) atoms. The summed E-state index contributed by atoms with van der Waals surface area (Å²) >= 11 is 0. The number of carbonyl (C=O) groups is 3. The largest absolute Gasteiger partial charge is 0.493 e. The molecule has 4 atom stereocenters. The maximum atomic E-state index is 13.9. The van der Waals surface area contributed by atoms with Crippen molar-refractivity contribution in [1.82, 2.24) is 20.4 Å². The molecule has 264 valence electrons. The minimum atomic E-state index is -0.288. The van der Waals surface area contributed by atoms with Crippen molar-refractivity contribution in [3.8, 4) is 5.75 Å².